The van der Waals surface area contributed by atoms with E-state index in [-0.39, 0.29) is 11.9 Å². The van der Waals surface area contributed by atoms with Crippen LogP contribution >= 0.6 is 22.9 Å². The number of carbonyl (C=O) groups excluding carboxylic acids is 1. The average Bonchev–Trinajstić information content (AvgIpc) is 3.23. The number of nitrogens with one attached hydrogen (secondary N) is 1. The number of aromatic nitrogens is 2. The molecule has 1 N–H and O–H groups in total. The number of rotatable bonds is 6. The molecule has 24 heavy (non-hydrogen) atoms. The molecular formula is C16H17ClN4O2S. The van der Waals surface area contributed by atoms with Crippen molar-refractivity contribution in [2.24, 2.45) is 0 Å². The fourth-order valence-electron chi connectivity index (χ4n) is 2.36. The van der Waals surface area contributed by atoms with E-state index in [1.54, 1.807) is 12.3 Å². The van der Waals surface area contributed by atoms with E-state index >= 15 is 0 Å². The van der Waals surface area contributed by atoms with Gasteiger partial charge in [0.1, 0.15) is 5.76 Å². The average molecular weight is 365 g/mol. The van der Waals surface area contributed by atoms with Gasteiger partial charge in [-0.15, -0.1) is 11.3 Å². The zero-order chi connectivity index (χ0) is 17.1. The number of fused-ring (bicyclic) bond motifs is 1. The second kappa shape index (κ2) is 7.21. The van der Waals surface area contributed by atoms with E-state index in [0.717, 1.165) is 10.7 Å². The van der Waals surface area contributed by atoms with E-state index in [1.165, 1.54) is 17.4 Å². The highest BCUT2D eigenvalue weighted by Crippen LogP contribution is 2.22. The first kappa shape index (κ1) is 16.8. The summed E-state index contributed by atoms with van der Waals surface area (Å²) in [5.41, 5.74) is 0.693. The first-order valence-corrected chi connectivity index (χ1v) is 8.59. The molecule has 0 aliphatic carbocycles. The number of furan rings is 1. The van der Waals surface area contributed by atoms with Gasteiger partial charge in [-0.2, -0.15) is 0 Å². The smallest absolute Gasteiger partial charge is 0.244 e. The molecule has 3 aromatic heterocycles. The zero-order valence-corrected chi connectivity index (χ0v) is 14.8. The van der Waals surface area contributed by atoms with Crippen LogP contribution in [0.5, 0.6) is 0 Å². The SMILES string of the molecule is CN(C)C(CNC(=O)/C=C/c1c(Cl)nc2sccn12)c1ccco1. The quantitative estimate of drug-likeness (QED) is 0.683. The normalized spacial score (nSPS) is 13.2. The van der Waals surface area contributed by atoms with Crippen LogP contribution < -0.4 is 5.32 Å². The molecule has 0 aliphatic rings. The molecule has 0 spiro atoms. The molecule has 1 atom stereocenters. The molecule has 6 nitrogen and oxygen atoms in total. The third-order valence-electron chi connectivity index (χ3n) is 3.61. The van der Waals surface area contributed by atoms with Gasteiger partial charge in [0.2, 0.25) is 5.91 Å². The molecule has 0 bridgehead atoms. The Morgan fingerprint density at radius 2 is 2.42 bits per heavy atom. The van der Waals surface area contributed by atoms with Gasteiger partial charge in [0.15, 0.2) is 10.1 Å². The number of halogens is 1. The highest BCUT2D eigenvalue weighted by Gasteiger charge is 2.17. The van der Waals surface area contributed by atoms with Gasteiger partial charge in [-0.25, -0.2) is 4.98 Å². The van der Waals surface area contributed by atoms with Gasteiger partial charge in [-0.3, -0.25) is 14.1 Å². The van der Waals surface area contributed by atoms with Crippen molar-refractivity contribution < 1.29 is 9.21 Å². The second-order valence-corrected chi connectivity index (χ2v) is 6.65. The van der Waals surface area contributed by atoms with Gasteiger partial charge >= 0.3 is 0 Å². The van der Waals surface area contributed by atoms with Gasteiger partial charge in [0.05, 0.1) is 18.0 Å². The molecule has 3 aromatic rings. The topological polar surface area (TPSA) is 62.8 Å². The van der Waals surface area contributed by atoms with Crippen LogP contribution in [-0.2, 0) is 4.79 Å². The molecule has 8 heteroatoms. The van der Waals surface area contributed by atoms with E-state index in [4.69, 9.17) is 16.0 Å². The maximum atomic E-state index is 12.1. The van der Waals surface area contributed by atoms with Crippen LogP contribution in [0.15, 0.2) is 40.5 Å². The van der Waals surface area contributed by atoms with Crippen molar-refractivity contribution in [2.75, 3.05) is 20.6 Å². The van der Waals surface area contributed by atoms with Gasteiger partial charge < -0.3 is 9.73 Å². The first-order chi connectivity index (χ1) is 11.6. The summed E-state index contributed by atoms with van der Waals surface area (Å²) in [6.45, 7) is 0.442. The van der Waals surface area contributed by atoms with Crippen LogP contribution in [0.2, 0.25) is 5.15 Å². The van der Waals surface area contributed by atoms with E-state index in [9.17, 15) is 4.79 Å². The third-order valence-corrected chi connectivity index (χ3v) is 4.65. The molecular weight excluding hydrogens is 348 g/mol. The molecule has 3 heterocycles. The monoisotopic (exact) mass is 364 g/mol. The molecule has 3 rings (SSSR count). The molecule has 126 valence electrons. The van der Waals surface area contributed by atoms with Crippen LogP contribution in [0.3, 0.4) is 0 Å². The van der Waals surface area contributed by atoms with Crippen molar-refractivity contribution in [1.82, 2.24) is 19.6 Å². The van der Waals surface area contributed by atoms with Crippen LogP contribution in [0.25, 0.3) is 11.0 Å². The lowest BCUT2D eigenvalue weighted by molar-refractivity contribution is -0.116. The van der Waals surface area contributed by atoms with Gasteiger partial charge in [-0.05, 0) is 32.3 Å². The summed E-state index contributed by atoms with van der Waals surface area (Å²) in [5, 5.41) is 5.18. The predicted octanol–water partition coefficient (Wildman–Crippen LogP) is 3.07. The van der Waals surface area contributed by atoms with Crippen molar-refractivity contribution in [3.05, 3.63) is 52.7 Å². The number of likely N-dealkylation sites (N-methyl/N-ethyl adjacent to an activating group) is 1. The van der Waals surface area contributed by atoms with E-state index in [2.05, 4.69) is 10.3 Å². The molecule has 0 saturated heterocycles. The maximum Gasteiger partial charge on any atom is 0.244 e. The minimum atomic E-state index is -0.199. The Bertz CT molecular complexity index is 851. The lowest BCUT2D eigenvalue weighted by atomic mass is 10.2. The van der Waals surface area contributed by atoms with Crippen LogP contribution in [-0.4, -0.2) is 40.8 Å². The molecule has 0 saturated carbocycles. The lowest BCUT2D eigenvalue weighted by Gasteiger charge is -2.22. The zero-order valence-electron chi connectivity index (χ0n) is 13.3. The molecule has 0 aliphatic heterocycles. The molecule has 1 amide bonds. The van der Waals surface area contributed by atoms with Gasteiger partial charge in [0, 0.05) is 24.2 Å². The number of carbonyl (C=O) groups is 1. The summed E-state index contributed by atoms with van der Waals surface area (Å²) in [7, 11) is 3.88. The fourth-order valence-corrected chi connectivity index (χ4v) is 3.36. The second-order valence-electron chi connectivity index (χ2n) is 5.42. The van der Waals surface area contributed by atoms with Crippen molar-refractivity contribution in [3.8, 4) is 0 Å². The summed E-state index contributed by atoms with van der Waals surface area (Å²) in [4.78, 5) is 19.1. The van der Waals surface area contributed by atoms with Crippen LogP contribution in [0.1, 0.15) is 17.5 Å². The number of thiazole rings is 1. The highest BCUT2D eigenvalue weighted by molar-refractivity contribution is 7.15. The maximum absolute atomic E-state index is 12.1. The predicted molar refractivity (Wildman–Crippen MR) is 95.3 cm³/mol. The Hall–Kier alpha value is -2.09. The molecule has 0 aromatic carbocycles. The van der Waals surface area contributed by atoms with Crippen molar-refractivity contribution in [1.29, 1.82) is 0 Å². The standard InChI is InChI=1S/C16H17ClN4O2S/c1-20(2)12(13-4-3-8-23-13)10-18-14(22)6-5-11-15(17)19-16-21(11)7-9-24-16/h3-9,12H,10H2,1-2H3,(H,18,22)/b6-5+. The number of nitrogens with zero attached hydrogens (tertiary/aromatic N) is 3. The molecule has 1 unspecified atom stereocenters. The van der Waals surface area contributed by atoms with Gasteiger partial charge in [-0.1, -0.05) is 11.6 Å². The number of amides is 1. The first-order valence-electron chi connectivity index (χ1n) is 7.33. The summed E-state index contributed by atoms with van der Waals surface area (Å²) < 4.78 is 7.27. The van der Waals surface area contributed by atoms with E-state index in [1.807, 2.05) is 47.1 Å². The summed E-state index contributed by atoms with van der Waals surface area (Å²) in [6, 6.07) is 3.70. The Morgan fingerprint density at radius 3 is 3.12 bits per heavy atom. The lowest BCUT2D eigenvalue weighted by Crippen LogP contribution is -2.33. The summed E-state index contributed by atoms with van der Waals surface area (Å²) >= 11 is 7.59. The number of imidazole rings is 1. The van der Waals surface area contributed by atoms with Gasteiger partial charge in [0.25, 0.3) is 0 Å². The Kier molecular flexibility index (Phi) is 5.03. The van der Waals surface area contributed by atoms with E-state index < -0.39 is 0 Å². The minimum absolute atomic E-state index is 0.0283. The molecule has 0 radical (unpaired) electrons. The molecule has 0 fully saturated rings. The van der Waals surface area contributed by atoms with Crippen molar-refractivity contribution in [3.63, 3.8) is 0 Å². The fraction of sp³-hybridized carbons (Fsp3) is 0.250. The van der Waals surface area contributed by atoms with Crippen LogP contribution in [0.4, 0.5) is 0 Å². The van der Waals surface area contributed by atoms with E-state index in [0.29, 0.717) is 17.4 Å². The largest absolute Gasteiger partial charge is 0.468 e. The Labute approximate surface area is 148 Å². The van der Waals surface area contributed by atoms with Crippen molar-refractivity contribution >= 4 is 39.9 Å². The Morgan fingerprint density at radius 1 is 1.58 bits per heavy atom. The highest BCUT2D eigenvalue weighted by atomic mass is 35.5. The van der Waals surface area contributed by atoms with Crippen molar-refractivity contribution in [2.45, 2.75) is 6.04 Å². The summed E-state index contributed by atoms with van der Waals surface area (Å²) in [6.07, 6.45) is 6.63. The number of hydrogen-bond acceptors (Lipinski definition) is 5. The summed E-state index contributed by atoms with van der Waals surface area (Å²) in [5.74, 6) is 0.609. The Balaban J connectivity index is 1.65. The number of hydrogen-bond donors (Lipinski definition) is 1. The minimum Gasteiger partial charge on any atom is -0.468 e. The van der Waals surface area contributed by atoms with Crippen LogP contribution in [0, 0.1) is 0 Å². The third kappa shape index (κ3) is 3.53.